The fraction of sp³-hybridized carbons (Fsp3) is 0.737. The molecule has 0 radical (unpaired) electrons. The maximum Gasteiger partial charge on any atom is 0.331 e. The summed E-state index contributed by atoms with van der Waals surface area (Å²) < 4.78 is 29.0. The van der Waals surface area contributed by atoms with Crippen molar-refractivity contribution >= 4 is 11.8 Å². The van der Waals surface area contributed by atoms with Crippen molar-refractivity contribution in [2.75, 3.05) is 0 Å². The van der Waals surface area contributed by atoms with Crippen molar-refractivity contribution in [3.63, 3.8) is 0 Å². The highest BCUT2D eigenvalue weighted by atomic mass is 16.8. The van der Waals surface area contributed by atoms with Gasteiger partial charge in [0.25, 0.3) is 0 Å². The van der Waals surface area contributed by atoms with Crippen LogP contribution >= 0.6 is 0 Å². The topological polar surface area (TPSA) is 161 Å². The number of cyclic esters (lactones) is 1. The quantitative estimate of drug-likeness (QED) is 0.102. The van der Waals surface area contributed by atoms with Crippen LogP contribution in [0.25, 0.3) is 0 Å². The Morgan fingerprint density at radius 1 is 1.06 bits per heavy atom. The van der Waals surface area contributed by atoms with Crippen molar-refractivity contribution in [2.24, 2.45) is 29.6 Å². The number of hydrogen-bond donors (Lipinski definition) is 4. The van der Waals surface area contributed by atoms with E-state index < -0.39 is 67.3 Å². The first-order valence-corrected chi connectivity index (χ1v) is 17.9. The van der Waals surface area contributed by atoms with Gasteiger partial charge < -0.3 is 44.1 Å². The summed E-state index contributed by atoms with van der Waals surface area (Å²) in [5.41, 5.74) is 0.960. The number of hydrogen-bond acceptors (Lipinski definition) is 11. The molecule has 3 aliphatic rings. The third-order valence-corrected chi connectivity index (χ3v) is 9.75. The molecule has 0 amide bonds. The van der Waals surface area contributed by atoms with Crippen molar-refractivity contribution in [1.82, 2.24) is 0 Å². The van der Waals surface area contributed by atoms with Crippen molar-refractivity contribution in [2.45, 2.75) is 149 Å². The first-order valence-electron chi connectivity index (χ1n) is 17.9. The summed E-state index contributed by atoms with van der Waals surface area (Å²) in [5.74, 6) is -1.32. The second-order valence-electron chi connectivity index (χ2n) is 14.3. The number of carbonyl (C=O) groups is 2. The van der Waals surface area contributed by atoms with Gasteiger partial charge in [-0.15, -0.1) is 0 Å². The molecule has 15 atom stereocenters. The monoisotopic (exact) mass is 692 g/mol. The lowest BCUT2D eigenvalue weighted by Crippen LogP contribution is -2.61. The molecule has 4 N–H and O–H groups in total. The van der Waals surface area contributed by atoms with Gasteiger partial charge in [0.1, 0.15) is 36.3 Å². The molecule has 2 saturated heterocycles. The minimum absolute atomic E-state index is 0.00231. The molecule has 0 aromatic carbocycles. The number of allylic oxidation sites excluding steroid dienone is 5. The molecule has 11 heteroatoms. The van der Waals surface area contributed by atoms with Crippen LogP contribution in [-0.4, -0.2) is 93.8 Å². The summed E-state index contributed by atoms with van der Waals surface area (Å²) in [7, 11) is 0. The van der Waals surface area contributed by atoms with E-state index in [1.165, 1.54) is 6.08 Å². The number of ether oxygens (including phenoxy) is 5. The first kappa shape index (κ1) is 41.2. The average Bonchev–Trinajstić information content (AvgIpc) is 3.05. The summed E-state index contributed by atoms with van der Waals surface area (Å²) in [6, 6.07) is 0. The zero-order valence-electron chi connectivity index (χ0n) is 30.4. The number of carbonyl (C=O) groups excluding carboxylic acids is 2. The normalized spacial score (nSPS) is 36.0. The van der Waals surface area contributed by atoms with E-state index in [0.29, 0.717) is 6.42 Å². The molecule has 3 heterocycles. The molecule has 0 bridgehead atoms. The number of ketones is 1. The summed E-state index contributed by atoms with van der Waals surface area (Å²) in [4.78, 5) is 25.2. The predicted molar refractivity (Wildman–Crippen MR) is 184 cm³/mol. The lowest BCUT2D eigenvalue weighted by molar-refractivity contribution is -0.356. The smallest absolute Gasteiger partial charge is 0.331 e. The largest absolute Gasteiger partial charge is 0.455 e. The molecule has 0 aliphatic carbocycles. The maximum atomic E-state index is 13.7. The van der Waals surface area contributed by atoms with E-state index >= 15 is 0 Å². The van der Waals surface area contributed by atoms with Gasteiger partial charge in [0.2, 0.25) is 0 Å². The van der Waals surface area contributed by atoms with Crippen LogP contribution in [0.15, 0.2) is 48.1 Å². The average molecular weight is 693 g/mol. The lowest BCUT2D eigenvalue weighted by atomic mass is 9.83. The first-order chi connectivity index (χ1) is 23.1. The minimum atomic E-state index is -1.46. The van der Waals surface area contributed by atoms with Gasteiger partial charge >= 0.3 is 5.97 Å². The van der Waals surface area contributed by atoms with Gasteiger partial charge in [-0.1, -0.05) is 83.9 Å². The van der Waals surface area contributed by atoms with Crippen LogP contribution in [0.1, 0.15) is 87.5 Å². The molecule has 11 nitrogen and oxygen atoms in total. The van der Waals surface area contributed by atoms with Gasteiger partial charge in [0.15, 0.2) is 18.9 Å². The van der Waals surface area contributed by atoms with Crippen molar-refractivity contribution in [3.8, 4) is 0 Å². The van der Waals surface area contributed by atoms with Crippen molar-refractivity contribution in [1.29, 1.82) is 0 Å². The summed E-state index contributed by atoms with van der Waals surface area (Å²) >= 11 is 0. The number of aliphatic hydroxyl groups excluding tert-OH is 4. The molecule has 0 aromatic heterocycles. The molecule has 0 spiro atoms. The van der Waals surface area contributed by atoms with Crippen molar-refractivity contribution < 1.29 is 53.7 Å². The Bertz CT molecular complexity index is 1170. The van der Waals surface area contributed by atoms with E-state index in [-0.39, 0.29) is 42.0 Å². The second-order valence-corrected chi connectivity index (χ2v) is 14.3. The minimum Gasteiger partial charge on any atom is -0.455 e. The van der Waals surface area contributed by atoms with Gasteiger partial charge in [0, 0.05) is 30.8 Å². The Hall–Kier alpha value is -2.22. The SMILES string of the molecule is CCC[C@H](C)[C@@H](O[C@@H]1O[C@H](C)[C@H](O[C@@H]2C[C@@H](C)[C@@H](O)[C@@H](O)O2)[C@@H](O)[C@H]1O)[C@H](C)C(=O)[C@H](C)/C=C(C)/C=C/C[C@H](C)/C=C/[C@H]1CC=CC(=O)O1. The van der Waals surface area contributed by atoms with Crippen LogP contribution in [0.4, 0.5) is 0 Å². The fourth-order valence-corrected chi connectivity index (χ4v) is 6.73. The van der Waals surface area contributed by atoms with E-state index in [9.17, 15) is 30.0 Å². The molecule has 0 unspecified atom stereocenters. The molecular formula is C38H60O11. The Kier molecular flexibility index (Phi) is 16.3. The third kappa shape index (κ3) is 11.9. The van der Waals surface area contributed by atoms with Gasteiger partial charge in [-0.05, 0) is 50.5 Å². The van der Waals surface area contributed by atoms with Gasteiger partial charge in [-0.3, -0.25) is 4.79 Å². The van der Waals surface area contributed by atoms with E-state index in [2.05, 4.69) is 26.0 Å². The zero-order valence-corrected chi connectivity index (χ0v) is 30.4. The molecule has 49 heavy (non-hydrogen) atoms. The van der Waals surface area contributed by atoms with Crippen LogP contribution < -0.4 is 0 Å². The number of rotatable bonds is 16. The number of esters is 1. The highest BCUT2D eigenvalue weighted by Gasteiger charge is 2.48. The lowest BCUT2D eigenvalue weighted by Gasteiger charge is -2.45. The molecule has 3 rings (SSSR count). The number of aliphatic hydroxyl groups is 4. The number of Topliss-reactive ketones (excluding diaryl/α,β-unsaturated/α-hetero) is 1. The Morgan fingerprint density at radius 2 is 1.78 bits per heavy atom. The predicted octanol–water partition coefficient (Wildman–Crippen LogP) is 4.52. The molecular weight excluding hydrogens is 632 g/mol. The molecule has 3 aliphatic heterocycles. The fourth-order valence-electron chi connectivity index (χ4n) is 6.73. The zero-order chi connectivity index (χ0) is 36.4. The van der Waals surface area contributed by atoms with Crippen molar-refractivity contribution in [3.05, 3.63) is 48.1 Å². The molecule has 0 saturated carbocycles. The Balaban J connectivity index is 1.60. The Morgan fingerprint density at radius 3 is 2.43 bits per heavy atom. The summed E-state index contributed by atoms with van der Waals surface area (Å²) in [6.45, 7) is 15.3. The van der Waals surface area contributed by atoms with E-state index in [0.717, 1.165) is 24.8 Å². The molecule has 0 aromatic rings. The third-order valence-electron chi connectivity index (χ3n) is 9.75. The van der Waals surface area contributed by atoms with Crippen LogP contribution in [0.3, 0.4) is 0 Å². The molecule has 2 fully saturated rings. The van der Waals surface area contributed by atoms with Gasteiger partial charge in [-0.2, -0.15) is 0 Å². The molecule has 278 valence electrons. The van der Waals surface area contributed by atoms with E-state index in [1.54, 1.807) is 13.8 Å². The highest BCUT2D eigenvalue weighted by molar-refractivity contribution is 5.85. The van der Waals surface area contributed by atoms with E-state index in [4.69, 9.17) is 23.7 Å². The highest BCUT2D eigenvalue weighted by Crippen LogP contribution is 2.33. The van der Waals surface area contributed by atoms with E-state index in [1.807, 2.05) is 52.0 Å². The van der Waals surface area contributed by atoms with Gasteiger partial charge in [-0.25, -0.2) is 4.79 Å². The van der Waals surface area contributed by atoms with Crippen LogP contribution in [-0.2, 0) is 33.3 Å². The van der Waals surface area contributed by atoms with Crippen LogP contribution in [0, 0.1) is 29.6 Å². The van der Waals surface area contributed by atoms with Gasteiger partial charge in [0.05, 0.1) is 12.2 Å². The summed E-state index contributed by atoms with van der Waals surface area (Å²) in [5, 5.41) is 42.2. The van der Waals surface area contributed by atoms with Crippen LogP contribution in [0.5, 0.6) is 0 Å². The standard InChI is InChI=1S/C38H60O11/c1-9-12-23(4)35(49-38-34(43)33(42)36(27(8)45-38)47-30-20-25(6)32(41)37(44)48-30)26(7)31(40)24(5)19-22(3)14-10-13-21(2)17-18-28-15-11-16-29(39)46-28/h10-11,14,16-19,21,23-28,30,32-38,41-44H,9,12-13,15,20H2,1-8H3/b14-10+,18-17+,22-19+/t21-,23-,24+,25+,26+,27+,28+,30-,32+,33-,34+,35+,36-,37-,38-/m0/s1. The van der Waals surface area contributed by atoms with Crippen LogP contribution in [0.2, 0.25) is 0 Å². The summed E-state index contributed by atoms with van der Waals surface area (Å²) in [6.07, 6.45) is 6.77. The second kappa shape index (κ2) is 19.4. The maximum absolute atomic E-state index is 13.7. The Labute approximate surface area is 292 Å².